The van der Waals surface area contributed by atoms with Crippen LogP contribution in [0.1, 0.15) is 34.1 Å². The summed E-state index contributed by atoms with van der Waals surface area (Å²) in [7, 11) is 0. The van der Waals surface area contributed by atoms with E-state index in [0.29, 0.717) is 0 Å². The maximum atomic E-state index is 11.6. The van der Waals surface area contributed by atoms with Crippen LogP contribution in [0.15, 0.2) is 12.7 Å². The normalized spacial score (nSPS) is 15.3. The molecule has 104 valence electrons. The summed E-state index contributed by atoms with van der Waals surface area (Å²) >= 11 is 0. The van der Waals surface area contributed by atoms with E-state index < -0.39 is 18.2 Å². The molecule has 0 spiro atoms. The number of esters is 1. The Kier molecular flexibility index (Phi) is 8.03. The summed E-state index contributed by atoms with van der Waals surface area (Å²) in [5.74, 6) is -0.850. The molecular formula is C13H23NO4. The molecule has 0 aromatic rings. The molecule has 0 aromatic carbocycles. The fraction of sp³-hybridized carbons (Fsp3) is 0.692. The molecule has 0 fully saturated rings. The standard InChI is InChI=1S/C13H23NO4/c1-6-8-17-11(5)13(16)18-10(4)12(15)14-9(3)7-2/h6,9-11H,1,7-8H2,2-5H3,(H,14,15). The van der Waals surface area contributed by atoms with Gasteiger partial charge in [-0.15, -0.1) is 6.58 Å². The van der Waals surface area contributed by atoms with Crippen molar-refractivity contribution in [1.29, 1.82) is 0 Å². The molecule has 0 bridgehead atoms. The van der Waals surface area contributed by atoms with Crippen LogP contribution in [0.5, 0.6) is 0 Å². The van der Waals surface area contributed by atoms with Crippen LogP contribution in [-0.4, -0.2) is 36.7 Å². The molecule has 0 saturated heterocycles. The molecule has 0 aliphatic carbocycles. The van der Waals surface area contributed by atoms with E-state index in [0.717, 1.165) is 6.42 Å². The molecule has 5 heteroatoms. The minimum atomic E-state index is -0.818. The maximum Gasteiger partial charge on any atom is 0.335 e. The van der Waals surface area contributed by atoms with Gasteiger partial charge in [0, 0.05) is 6.04 Å². The number of hydrogen-bond acceptors (Lipinski definition) is 4. The Hall–Kier alpha value is -1.36. The van der Waals surface area contributed by atoms with Gasteiger partial charge in [-0.3, -0.25) is 4.79 Å². The Labute approximate surface area is 109 Å². The van der Waals surface area contributed by atoms with E-state index in [1.807, 2.05) is 13.8 Å². The highest BCUT2D eigenvalue weighted by Gasteiger charge is 2.22. The number of carbonyl (C=O) groups is 2. The fourth-order valence-corrected chi connectivity index (χ4v) is 1.07. The van der Waals surface area contributed by atoms with Gasteiger partial charge < -0.3 is 14.8 Å². The lowest BCUT2D eigenvalue weighted by molar-refractivity contribution is -0.164. The average Bonchev–Trinajstić information content (AvgIpc) is 2.35. The van der Waals surface area contributed by atoms with Crippen molar-refractivity contribution in [3.8, 4) is 0 Å². The summed E-state index contributed by atoms with van der Waals surface area (Å²) < 4.78 is 10.1. The summed E-state index contributed by atoms with van der Waals surface area (Å²) in [6.45, 7) is 10.7. The predicted molar refractivity (Wildman–Crippen MR) is 69.1 cm³/mol. The third-order valence-electron chi connectivity index (χ3n) is 2.46. The van der Waals surface area contributed by atoms with E-state index in [1.54, 1.807) is 13.0 Å². The van der Waals surface area contributed by atoms with Gasteiger partial charge in [0.1, 0.15) is 0 Å². The fourth-order valence-electron chi connectivity index (χ4n) is 1.07. The molecule has 0 rings (SSSR count). The van der Waals surface area contributed by atoms with Crippen molar-refractivity contribution < 1.29 is 19.1 Å². The van der Waals surface area contributed by atoms with E-state index in [1.165, 1.54) is 6.92 Å². The number of amides is 1. The highest BCUT2D eigenvalue weighted by Crippen LogP contribution is 2.00. The van der Waals surface area contributed by atoms with E-state index in [9.17, 15) is 9.59 Å². The minimum absolute atomic E-state index is 0.0630. The summed E-state index contributed by atoms with van der Waals surface area (Å²) in [5.41, 5.74) is 0. The van der Waals surface area contributed by atoms with E-state index in [2.05, 4.69) is 11.9 Å². The van der Waals surface area contributed by atoms with Gasteiger partial charge in [0.2, 0.25) is 0 Å². The lowest BCUT2D eigenvalue weighted by Crippen LogP contribution is -2.41. The molecule has 18 heavy (non-hydrogen) atoms. The third kappa shape index (κ3) is 6.39. The molecule has 3 atom stereocenters. The lowest BCUT2D eigenvalue weighted by atomic mass is 10.2. The molecule has 5 nitrogen and oxygen atoms in total. The molecule has 0 heterocycles. The van der Waals surface area contributed by atoms with Crippen LogP contribution < -0.4 is 5.32 Å². The molecule has 0 aliphatic rings. The highest BCUT2D eigenvalue weighted by molar-refractivity contribution is 5.84. The zero-order valence-corrected chi connectivity index (χ0v) is 11.6. The van der Waals surface area contributed by atoms with Crippen LogP contribution in [0.25, 0.3) is 0 Å². The Morgan fingerprint density at radius 2 is 1.89 bits per heavy atom. The molecule has 0 radical (unpaired) electrons. The third-order valence-corrected chi connectivity index (χ3v) is 2.46. The van der Waals surface area contributed by atoms with Crippen molar-refractivity contribution in [3.05, 3.63) is 12.7 Å². The second-order valence-corrected chi connectivity index (χ2v) is 4.16. The molecule has 0 aliphatic heterocycles. The lowest BCUT2D eigenvalue weighted by Gasteiger charge is -2.18. The first-order chi connectivity index (χ1) is 8.42. The van der Waals surface area contributed by atoms with Gasteiger partial charge in [-0.25, -0.2) is 4.79 Å². The topological polar surface area (TPSA) is 64.6 Å². The van der Waals surface area contributed by atoms with Crippen LogP contribution in [0.3, 0.4) is 0 Å². The van der Waals surface area contributed by atoms with Crippen molar-refractivity contribution >= 4 is 11.9 Å². The van der Waals surface area contributed by atoms with Crippen LogP contribution in [-0.2, 0) is 19.1 Å². The van der Waals surface area contributed by atoms with Crippen LogP contribution in [0.2, 0.25) is 0 Å². The Morgan fingerprint density at radius 1 is 1.28 bits per heavy atom. The molecule has 1 amide bonds. The maximum absolute atomic E-state index is 11.6. The first-order valence-electron chi connectivity index (χ1n) is 6.15. The van der Waals surface area contributed by atoms with E-state index in [-0.39, 0.29) is 18.6 Å². The highest BCUT2D eigenvalue weighted by atomic mass is 16.6. The van der Waals surface area contributed by atoms with Gasteiger partial charge in [-0.2, -0.15) is 0 Å². The number of carbonyl (C=O) groups excluding carboxylic acids is 2. The second kappa shape index (κ2) is 8.69. The van der Waals surface area contributed by atoms with E-state index >= 15 is 0 Å². The zero-order valence-electron chi connectivity index (χ0n) is 11.6. The van der Waals surface area contributed by atoms with Crippen molar-refractivity contribution in [1.82, 2.24) is 5.32 Å². The van der Waals surface area contributed by atoms with Crippen LogP contribution in [0, 0.1) is 0 Å². The predicted octanol–water partition coefficient (Wildman–Crippen LogP) is 1.42. The van der Waals surface area contributed by atoms with Gasteiger partial charge in [0.15, 0.2) is 12.2 Å². The molecule has 3 unspecified atom stereocenters. The van der Waals surface area contributed by atoms with Crippen molar-refractivity contribution in [2.24, 2.45) is 0 Å². The number of nitrogens with one attached hydrogen (secondary N) is 1. The second-order valence-electron chi connectivity index (χ2n) is 4.16. The summed E-state index contributed by atoms with van der Waals surface area (Å²) in [6, 6.07) is 0.0630. The van der Waals surface area contributed by atoms with Crippen molar-refractivity contribution in [2.75, 3.05) is 6.61 Å². The van der Waals surface area contributed by atoms with E-state index in [4.69, 9.17) is 9.47 Å². The SMILES string of the molecule is C=CCOC(C)C(=O)OC(C)C(=O)NC(C)CC. The Morgan fingerprint density at radius 3 is 2.39 bits per heavy atom. The largest absolute Gasteiger partial charge is 0.451 e. The quantitative estimate of drug-likeness (QED) is 0.527. The number of ether oxygens (including phenoxy) is 2. The smallest absolute Gasteiger partial charge is 0.335 e. The Bertz CT molecular complexity index is 291. The first-order valence-corrected chi connectivity index (χ1v) is 6.15. The first kappa shape index (κ1) is 16.6. The molecule has 1 N–H and O–H groups in total. The zero-order chi connectivity index (χ0) is 14.1. The molecule has 0 aromatic heterocycles. The molecule has 0 saturated carbocycles. The van der Waals surface area contributed by atoms with Gasteiger partial charge >= 0.3 is 5.97 Å². The number of hydrogen-bond donors (Lipinski definition) is 1. The molecular weight excluding hydrogens is 234 g/mol. The van der Waals surface area contributed by atoms with Gasteiger partial charge in [0.25, 0.3) is 5.91 Å². The summed E-state index contributed by atoms with van der Waals surface area (Å²) in [4.78, 5) is 23.2. The Balaban J connectivity index is 4.13. The average molecular weight is 257 g/mol. The van der Waals surface area contributed by atoms with Gasteiger partial charge in [-0.1, -0.05) is 13.0 Å². The van der Waals surface area contributed by atoms with Crippen LogP contribution in [0.4, 0.5) is 0 Å². The monoisotopic (exact) mass is 257 g/mol. The van der Waals surface area contributed by atoms with Crippen molar-refractivity contribution in [3.63, 3.8) is 0 Å². The summed E-state index contributed by atoms with van der Waals surface area (Å²) in [5, 5.41) is 2.74. The van der Waals surface area contributed by atoms with Gasteiger partial charge in [-0.05, 0) is 27.2 Å². The summed E-state index contributed by atoms with van der Waals surface area (Å²) in [6.07, 6.45) is 0.844. The van der Waals surface area contributed by atoms with Gasteiger partial charge in [0.05, 0.1) is 6.61 Å². The number of rotatable bonds is 8. The van der Waals surface area contributed by atoms with Crippen LogP contribution >= 0.6 is 0 Å². The minimum Gasteiger partial charge on any atom is -0.451 e. The van der Waals surface area contributed by atoms with Crippen molar-refractivity contribution in [2.45, 2.75) is 52.4 Å².